The van der Waals surface area contributed by atoms with E-state index in [1.54, 1.807) is 0 Å². The van der Waals surface area contributed by atoms with Gasteiger partial charge in [-0.25, -0.2) is 4.79 Å². The van der Waals surface area contributed by atoms with Crippen molar-refractivity contribution in [2.45, 2.75) is 12.8 Å². The fourth-order valence-corrected chi connectivity index (χ4v) is 1.06. The van der Waals surface area contributed by atoms with E-state index in [0.717, 1.165) is 6.42 Å². The van der Waals surface area contributed by atoms with E-state index >= 15 is 0 Å². The van der Waals surface area contributed by atoms with Gasteiger partial charge in [0.05, 0.1) is 33.0 Å². The van der Waals surface area contributed by atoms with E-state index in [4.69, 9.17) is 25.7 Å². The number of hydrogen-bond donors (Lipinski definition) is 2. The van der Waals surface area contributed by atoms with E-state index in [2.05, 4.69) is 4.74 Å². The zero-order valence-corrected chi connectivity index (χ0v) is 12.0. The largest absolute Gasteiger partial charge is 0.450 e. The second kappa shape index (κ2) is 17.4. The molecule has 0 heterocycles. The molecular weight excluding hydrogens is 276 g/mol. The molecule has 0 spiro atoms. The van der Waals surface area contributed by atoms with E-state index < -0.39 is 6.09 Å². The van der Waals surface area contributed by atoms with E-state index in [0.29, 0.717) is 52.6 Å². The molecule has 8 heteroatoms. The number of ether oxygens (including phenoxy) is 4. The van der Waals surface area contributed by atoms with Crippen LogP contribution in [0.2, 0.25) is 0 Å². The van der Waals surface area contributed by atoms with Crippen molar-refractivity contribution in [3.05, 3.63) is 0 Å². The summed E-state index contributed by atoms with van der Waals surface area (Å²) >= 11 is 0. The minimum Gasteiger partial charge on any atom is -0.450 e. The Labute approximate surface area is 120 Å². The van der Waals surface area contributed by atoms with E-state index in [-0.39, 0.29) is 19.0 Å². The Kier molecular flexibility index (Phi) is 19.0. The first-order valence-corrected chi connectivity index (χ1v) is 6.13. The maximum Gasteiger partial charge on any atom is 0.404 e. The predicted octanol–water partition coefficient (Wildman–Crippen LogP) is 0.292. The van der Waals surface area contributed by atoms with E-state index in [9.17, 15) is 4.79 Å². The minimum atomic E-state index is -0.757. The van der Waals surface area contributed by atoms with Gasteiger partial charge in [-0.1, -0.05) is 0 Å². The van der Waals surface area contributed by atoms with Gasteiger partial charge < -0.3 is 30.4 Å². The summed E-state index contributed by atoms with van der Waals surface area (Å²) in [6.07, 6.45) is 0.745. The third-order valence-electron chi connectivity index (χ3n) is 1.91. The van der Waals surface area contributed by atoms with Crippen LogP contribution in [-0.2, 0) is 18.9 Å². The first kappa shape index (κ1) is 20.7. The molecule has 7 nitrogen and oxygen atoms in total. The molecule has 4 N–H and O–H groups in total. The third-order valence-corrected chi connectivity index (χ3v) is 1.91. The van der Waals surface area contributed by atoms with Crippen LogP contribution in [0.5, 0.6) is 0 Å². The molecular formula is C11H25ClN2O5. The number of hydrogen-bond acceptors (Lipinski definition) is 6. The standard InChI is InChI=1S/C11H24N2O5.ClH/c12-3-1-4-15-7-9-17-10-8-16-5-2-6-18-11(13)14;/h1-10,12H2,(H2,13,14);1H. The molecule has 19 heavy (non-hydrogen) atoms. The SMILES string of the molecule is Cl.NCCCOCCOCCOCCCOC(N)=O. The van der Waals surface area contributed by atoms with Gasteiger partial charge >= 0.3 is 6.09 Å². The highest BCUT2D eigenvalue weighted by Crippen LogP contribution is 1.86. The average Bonchev–Trinajstić information content (AvgIpc) is 2.34. The van der Waals surface area contributed by atoms with Crippen molar-refractivity contribution in [3.8, 4) is 0 Å². The minimum absolute atomic E-state index is 0. The zero-order valence-electron chi connectivity index (χ0n) is 11.2. The van der Waals surface area contributed by atoms with E-state index in [1.807, 2.05) is 0 Å². The first-order chi connectivity index (χ1) is 8.77. The van der Waals surface area contributed by atoms with Gasteiger partial charge in [-0.15, -0.1) is 12.4 Å². The smallest absolute Gasteiger partial charge is 0.404 e. The van der Waals surface area contributed by atoms with Crippen molar-refractivity contribution in [3.63, 3.8) is 0 Å². The second-order valence-electron chi connectivity index (χ2n) is 3.50. The van der Waals surface area contributed by atoms with Crippen molar-refractivity contribution < 1.29 is 23.7 Å². The molecule has 0 aliphatic carbocycles. The Morgan fingerprint density at radius 1 is 0.789 bits per heavy atom. The highest BCUT2D eigenvalue weighted by atomic mass is 35.5. The zero-order chi connectivity index (χ0) is 13.5. The normalized spacial score (nSPS) is 9.95. The van der Waals surface area contributed by atoms with Gasteiger partial charge in [0.15, 0.2) is 0 Å². The number of halogens is 1. The van der Waals surface area contributed by atoms with Gasteiger partial charge in [-0.05, 0) is 13.0 Å². The van der Waals surface area contributed by atoms with Gasteiger partial charge in [0.1, 0.15) is 0 Å². The number of nitrogens with two attached hydrogens (primary N) is 2. The highest BCUT2D eigenvalue weighted by Gasteiger charge is 1.94. The van der Waals surface area contributed by atoms with Crippen LogP contribution >= 0.6 is 12.4 Å². The Morgan fingerprint density at radius 2 is 1.26 bits per heavy atom. The molecule has 0 rings (SSSR count). The van der Waals surface area contributed by atoms with Crippen LogP contribution in [-0.4, -0.2) is 58.9 Å². The summed E-state index contributed by atoms with van der Waals surface area (Å²) in [4.78, 5) is 10.2. The molecule has 0 aliphatic rings. The van der Waals surface area contributed by atoms with Crippen LogP contribution < -0.4 is 11.5 Å². The second-order valence-corrected chi connectivity index (χ2v) is 3.50. The van der Waals surface area contributed by atoms with Crippen LogP contribution in [0.15, 0.2) is 0 Å². The predicted molar refractivity (Wildman–Crippen MR) is 73.5 cm³/mol. The van der Waals surface area contributed by atoms with Gasteiger partial charge in [0, 0.05) is 19.6 Å². The maximum absolute atomic E-state index is 10.2. The van der Waals surface area contributed by atoms with Crippen LogP contribution in [0.1, 0.15) is 12.8 Å². The maximum atomic E-state index is 10.2. The molecule has 0 bridgehead atoms. The summed E-state index contributed by atoms with van der Waals surface area (Å²) in [5, 5.41) is 0. The molecule has 0 aliphatic heterocycles. The van der Waals surface area contributed by atoms with Crippen LogP contribution in [0.4, 0.5) is 4.79 Å². The Morgan fingerprint density at radius 3 is 1.74 bits per heavy atom. The molecule has 0 atom stereocenters. The summed E-state index contributed by atoms with van der Waals surface area (Å²) in [6, 6.07) is 0. The van der Waals surface area contributed by atoms with Crippen molar-refractivity contribution in [2.24, 2.45) is 11.5 Å². The molecule has 0 aromatic carbocycles. The Bertz CT molecular complexity index is 198. The van der Waals surface area contributed by atoms with Crippen LogP contribution in [0.25, 0.3) is 0 Å². The highest BCUT2D eigenvalue weighted by molar-refractivity contribution is 5.85. The number of primary amides is 1. The molecule has 0 radical (unpaired) electrons. The molecule has 0 saturated carbocycles. The summed E-state index contributed by atoms with van der Waals surface area (Å²) in [5.41, 5.74) is 10.1. The molecule has 0 aromatic rings. The lowest BCUT2D eigenvalue weighted by molar-refractivity contribution is 0.0119. The summed E-state index contributed by atoms with van der Waals surface area (Å²) in [6.45, 7) is 4.29. The van der Waals surface area contributed by atoms with Gasteiger partial charge in [-0.3, -0.25) is 0 Å². The lowest BCUT2D eigenvalue weighted by Crippen LogP contribution is -2.15. The number of amides is 1. The number of carbonyl (C=O) groups excluding carboxylic acids is 1. The fraction of sp³-hybridized carbons (Fsp3) is 0.909. The van der Waals surface area contributed by atoms with Gasteiger partial charge in [-0.2, -0.15) is 0 Å². The monoisotopic (exact) mass is 300 g/mol. The molecule has 116 valence electrons. The summed E-state index contributed by atoms with van der Waals surface area (Å²) in [7, 11) is 0. The molecule has 0 aromatic heterocycles. The fourth-order valence-electron chi connectivity index (χ4n) is 1.06. The van der Waals surface area contributed by atoms with Crippen molar-refractivity contribution >= 4 is 18.5 Å². The first-order valence-electron chi connectivity index (χ1n) is 6.13. The van der Waals surface area contributed by atoms with E-state index in [1.165, 1.54) is 0 Å². The topological polar surface area (TPSA) is 106 Å². The third kappa shape index (κ3) is 19.9. The van der Waals surface area contributed by atoms with Crippen LogP contribution in [0.3, 0.4) is 0 Å². The molecule has 0 saturated heterocycles. The van der Waals surface area contributed by atoms with Crippen molar-refractivity contribution in [1.82, 2.24) is 0 Å². The summed E-state index contributed by atoms with van der Waals surface area (Å²) < 4.78 is 20.3. The Balaban J connectivity index is 0. The average molecular weight is 301 g/mol. The molecule has 0 fully saturated rings. The van der Waals surface area contributed by atoms with Crippen molar-refractivity contribution in [1.29, 1.82) is 0 Å². The lowest BCUT2D eigenvalue weighted by atomic mass is 10.5. The quantitative estimate of drug-likeness (QED) is 0.474. The molecule has 0 unspecified atom stereocenters. The Hall–Kier alpha value is -0.600. The van der Waals surface area contributed by atoms with Crippen LogP contribution in [0, 0.1) is 0 Å². The lowest BCUT2D eigenvalue weighted by Gasteiger charge is -2.06. The molecule has 1 amide bonds. The van der Waals surface area contributed by atoms with Crippen molar-refractivity contribution in [2.75, 3.05) is 52.8 Å². The number of rotatable bonds is 13. The summed E-state index contributed by atoms with van der Waals surface area (Å²) in [5.74, 6) is 0. The van der Waals surface area contributed by atoms with Gasteiger partial charge in [0.2, 0.25) is 0 Å². The number of carbonyl (C=O) groups is 1. The van der Waals surface area contributed by atoms with Gasteiger partial charge in [0.25, 0.3) is 0 Å².